The lowest BCUT2D eigenvalue weighted by Gasteiger charge is -2.14. The molecule has 0 aromatic heterocycles. The van der Waals surface area contributed by atoms with Gasteiger partial charge in [-0.15, -0.1) is 0 Å². The van der Waals surface area contributed by atoms with Gasteiger partial charge in [0.05, 0.1) is 0 Å². The number of unbranched alkanes of at least 4 members (excludes halogenated alkanes) is 2. The molecule has 1 amide bonds. The van der Waals surface area contributed by atoms with E-state index in [1.165, 1.54) is 0 Å². The summed E-state index contributed by atoms with van der Waals surface area (Å²) in [6, 6.07) is 16.0. The van der Waals surface area contributed by atoms with Gasteiger partial charge in [-0.3, -0.25) is 4.79 Å². The molecule has 0 saturated carbocycles. The molecule has 0 heterocycles. The first-order valence-electron chi connectivity index (χ1n) is 9.57. The Kier molecular flexibility index (Phi) is 6.56. The van der Waals surface area contributed by atoms with Gasteiger partial charge in [0.2, 0.25) is 5.78 Å². The summed E-state index contributed by atoms with van der Waals surface area (Å²) in [5, 5.41) is 2.60. The number of fused-ring (bicyclic) bond motifs is 3. The topological polar surface area (TPSA) is 55.4 Å². The summed E-state index contributed by atoms with van der Waals surface area (Å²) in [7, 11) is 0. The first-order valence-corrected chi connectivity index (χ1v) is 9.57. The summed E-state index contributed by atoms with van der Waals surface area (Å²) in [4.78, 5) is 22.7. The van der Waals surface area contributed by atoms with Crippen LogP contribution in [0.3, 0.4) is 0 Å². The molecule has 3 rings (SSSR count). The van der Waals surface area contributed by atoms with Crippen LogP contribution >= 0.6 is 0 Å². The minimum atomic E-state index is -4.76. The van der Waals surface area contributed by atoms with Gasteiger partial charge in [-0.25, -0.2) is 4.79 Å². The first kappa shape index (κ1) is 20.9. The number of carbonyl (C=O) groups excluding carboxylic acids is 2. The van der Waals surface area contributed by atoms with Crippen LogP contribution in [-0.4, -0.2) is 31.2 Å². The number of Topliss-reactive ketones (excluding diaryl/α,β-unsaturated/α-hetero) is 1. The van der Waals surface area contributed by atoms with Crippen LogP contribution in [0.2, 0.25) is 0 Å². The van der Waals surface area contributed by atoms with Crippen molar-refractivity contribution in [3.05, 3.63) is 59.7 Å². The summed E-state index contributed by atoms with van der Waals surface area (Å²) in [5.41, 5.74) is 4.53. The molecule has 4 nitrogen and oxygen atoms in total. The summed E-state index contributed by atoms with van der Waals surface area (Å²) < 4.78 is 41.7. The number of ketones is 1. The largest absolute Gasteiger partial charge is 0.449 e. The van der Waals surface area contributed by atoms with E-state index in [2.05, 4.69) is 17.4 Å². The molecule has 0 fully saturated rings. The van der Waals surface area contributed by atoms with Gasteiger partial charge in [0.15, 0.2) is 0 Å². The van der Waals surface area contributed by atoms with Gasteiger partial charge in [-0.1, -0.05) is 55.0 Å². The summed E-state index contributed by atoms with van der Waals surface area (Å²) in [6.45, 7) is 0.497. The number of rotatable bonds is 8. The Morgan fingerprint density at radius 2 is 1.48 bits per heavy atom. The molecule has 0 saturated heterocycles. The molecule has 0 spiro atoms. The fourth-order valence-electron chi connectivity index (χ4n) is 3.57. The fraction of sp³-hybridized carbons (Fsp3) is 0.364. The molecule has 1 aliphatic rings. The number of benzene rings is 2. The second-order valence-electron chi connectivity index (χ2n) is 6.98. The number of hydrogen-bond donors (Lipinski definition) is 1. The van der Waals surface area contributed by atoms with Crippen LogP contribution in [0.1, 0.15) is 42.7 Å². The fourth-order valence-corrected chi connectivity index (χ4v) is 3.57. The van der Waals surface area contributed by atoms with Crippen molar-refractivity contribution in [2.75, 3.05) is 13.2 Å². The number of alkyl halides is 3. The van der Waals surface area contributed by atoms with Crippen molar-refractivity contribution >= 4 is 11.9 Å². The third-order valence-electron chi connectivity index (χ3n) is 5.01. The molecular formula is C22H22F3NO3. The molecule has 0 unspecified atom stereocenters. The van der Waals surface area contributed by atoms with Crippen LogP contribution in [-0.2, 0) is 9.53 Å². The lowest BCUT2D eigenvalue weighted by atomic mass is 9.98. The minimum Gasteiger partial charge on any atom is -0.449 e. The zero-order chi connectivity index (χ0) is 20.9. The Labute approximate surface area is 167 Å². The van der Waals surface area contributed by atoms with E-state index in [9.17, 15) is 22.8 Å². The van der Waals surface area contributed by atoms with E-state index < -0.39 is 24.5 Å². The molecule has 2 aromatic carbocycles. The quantitative estimate of drug-likeness (QED) is 0.613. The molecular weight excluding hydrogens is 383 g/mol. The smallest absolute Gasteiger partial charge is 0.449 e. The second-order valence-corrected chi connectivity index (χ2v) is 6.98. The van der Waals surface area contributed by atoms with Gasteiger partial charge in [0, 0.05) is 18.9 Å². The van der Waals surface area contributed by atoms with Crippen LogP contribution in [0.5, 0.6) is 0 Å². The van der Waals surface area contributed by atoms with E-state index in [1.54, 1.807) is 0 Å². The standard InChI is InChI=1S/C22H22F3NO3/c23-22(24,25)20(27)12-2-1-7-13-26-21(28)29-14-19-17-10-5-3-8-15(17)16-9-4-6-11-18(16)19/h3-6,8-11,19H,1-2,7,12-14H2,(H,26,28). The van der Waals surface area contributed by atoms with Crippen LogP contribution in [0, 0.1) is 0 Å². The van der Waals surface area contributed by atoms with Crippen LogP contribution in [0.4, 0.5) is 18.0 Å². The summed E-state index contributed by atoms with van der Waals surface area (Å²) in [6.07, 6.45) is -4.79. The third-order valence-corrected chi connectivity index (χ3v) is 5.01. The first-order chi connectivity index (χ1) is 13.9. The highest BCUT2D eigenvalue weighted by Crippen LogP contribution is 2.44. The highest BCUT2D eigenvalue weighted by molar-refractivity contribution is 5.83. The lowest BCUT2D eigenvalue weighted by Crippen LogP contribution is -2.27. The molecule has 7 heteroatoms. The molecule has 0 atom stereocenters. The Hall–Kier alpha value is -2.83. The zero-order valence-electron chi connectivity index (χ0n) is 15.8. The molecule has 1 N–H and O–H groups in total. The van der Waals surface area contributed by atoms with Crippen LogP contribution < -0.4 is 5.32 Å². The van der Waals surface area contributed by atoms with Crippen molar-refractivity contribution in [3.8, 4) is 11.1 Å². The average molecular weight is 405 g/mol. The number of alkyl carbamates (subject to hydrolysis) is 1. The monoisotopic (exact) mass is 405 g/mol. The van der Waals surface area contributed by atoms with E-state index in [-0.39, 0.29) is 25.5 Å². The van der Waals surface area contributed by atoms with Crippen molar-refractivity contribution in [3.63, 3.8) is 0 Å². The van der Waals surface area contributed by atoms with E-state index in [1.807, 2.05) is 36.4 Å². The highest BCUT2D eigenvalue weighted by Gasteiger charge is 2.37. The Balaban J connectivity index is 1.41. The number of ether oxygens (including phenoxy) is 1. The van der Waals surface area contributed by atoms with Crippen molar-refractivity contribution in [1.29, 1.82) is 0 Å². The van der Waals surface area contributed by atoms with Crippen molar-refractivity contribution < 1.29 is 27.5 Å². The highest BCUT2D eigenvalue weighted by atomic mass is 19.4. The predicted octanol–water partition coefficient (Wildman–Crippen LogP) is 5.22. The van der Waals surface area contributed by atoms with Gasteiger partial charge in [0.1, 0.15) is 6.61 Å². The van der Waals surface area contributed by atoms with Gasteiger partial charge >= 0.3 is 12.3 Å². The molecule has 1 aliphatic carbocycles. The van der Waals surface area contributed by atoms with Gasteiger partial charge in [-0.2, -0.15) is 13.2 Å². The van der Waals surface area contributed by atoms with Crippen molar-refractivity contribution in [2.24, 2.45) is 0 Å². The van der Waals surface area contributed by atoms with E-state index in [0.29, 0.717) is 12.8 Å². The molecule has 0 bridgehead atoms. The van der Waals surface area contributed by atoms with E-state index in [4.69, 9.17) is 4.74 Å². The molecule has 0 aliphatic heterocycles. The predicted molar refractivity (Wildman–Crippen MR) is 103 cm³/mol. The molecule has 154 valence electrons. The van der Waals surface area contributed by atoms with Crippen molar-refractivity contribution in [1.82, 2.24) is 5.32 Å². The Morgan fingerprint density at radius 1 is 0.897 bits per heavy atom. The maximum atomic E-state index is 12.1. The molecule has 29 heavy (non-hydrogen) atoms. The van der Waals surface area contributed by atoms with Crippen LogP contribution in [0.25, 0.3) is 11.1 Å². The van der Waals surface area contributed by atoms with E-state index >= 15 is 0 Å². The maximum absolute atomic E-state index is 12.1. The summed E-state index contributed by atoms with van der Waals surface area (Å²) >= 11 is 0. The van der Waals surface area contributed by atoms with Crippen molar-refractivity contribution in [2.45, 2.75) is 37.8 Å². The van der Waals surface area contributed by atoms with Crippen LogP contribution in [0.15, 0.2) is 48.5 Å². The molecule has 0 radical (unpaired) electrons. The summed E-state index contributed by atoms with van der Waals surface area (Å²) in [5.74, 6) is -1.73. The zero-order valence-corrected chi connectivity index (χ0v) is 15.8. The number of nitrogens with one attached hydrogen (secondary N) is 1. The van der Waals surface area contributed by atoms with Gasteiger partial charge in [-0.05, 0) is 35.1 Å². The Morgan fingerprint density at radius 3 is 2.07 bits per heavy atom. The van der Waals surface area contributed by atoms with E-state index in [0.717, 1.165) is 22.3 Å². The average Bonchev–Trinajstić information content (AvgIpc) is 3.02. The molecule has 2 aromatic rings. The number of carbonyl (C=O) groups is 2. The second kappa shape index (κ2) is 9.11. The number of halogens is 3. The maximum Gasteiger partial charge on any atom is 0.449 e. The Bertz CT molecular complexity index is 834. The van der Waals surface area contributed by atoms with Gasteiger partial charge in [0.25, 0.3) is 0 Å². The van der Waals surface area contributed by atoms with Gasteiger partial charge < -0.3 is 10.1 Å². The number of amides is 1. The lowest BCUT2D eigenvalue weighted by molar-refractivity contribution is -0.171. The third kappa shape index (κ3) is 5.16. The number of hydrogen-bond acceptors (Lipinski definition) is 3. The SMILES string of the molecule is O=C(NCCCCCC(=O)C(F)(F)F)OCC1c2ccccc2-c2ccccc21. The normalized spacial score (nSPS) is 12.9. The minimum absolute atomic E-state index is 0.0264.